The summed E-state index contributed by atoms with van der Waals surface area (Å²) >= 11 is 0. The van der Waals surface area contributed by atoms with Gasteiger partial charge in [0.1, 0.15) is 9.84 Å². The summed E-state index contributed by atoms with van der Waals surface area (Å²) in [6, 6.07) is 0. The maximum Gasteiger partial charge on any atom is 0.144 e. The molecule has 0 rings (SSSR count). The number of sulfone groups is 1. The number of aliphatic hydroxyl groups excluding tert-OH is 1. The largest absolute Gasteiger partial charge is 0.396 e. The summed E-state index contributed by atoms with van der Waals surface area (Å²) < 4.78 is 19.3. The van der Waals surface area contributed by atoms with E-state index in [1.807, 2.05) is 6.92 Å². The van der Waals surface area contributed by atoms with E-state index >= 15 is 0 Å². The van der Waals surface area contributed by atoms with Crippen molar-refractivity contribution in [1.82, 2.24) is 0 Å². The maximum absolute atomic E-state index is 9.63. The van der Waals surface area contributed by atoms with Gasteiger partial charge in [0.15, 0.2) is 0 Å². The molecule has 0 spiro atoms. The Kier molecular flexibility index (Phi) is 7.83. The minimum Gasteiger partial charge on any atom is -0.396 e. The molecule has 0 aromatic rings. The van der Waals surface area contributed by atoms with E-state index in [1.165, 1.54) is 0 Å². The van der Waals surface area contributed by atoms with Crippen molar-refractivity contribution in [3.05, 3.63) is 0 Å². The highest BCUT2D eigenvalue weighted by molar-refractivity contribution is 7.89. The van der Waals surface area contributed by atoms with Crippen LogP contribution in [0, 0.1) is 0 Å². The minimum absolute atomic E-state index is 0.319. The van der Waals surface area contributed by atoms with Crippen molar-refractivity contribution in [2.24, 2.45) is 0 Å². The smallest absolute Gasteiger partial charge is 0.144 e. The molecule has 3 nitrogen and oxygen atoms in total. The first-order valence-corrected chi connectivity index (χ1v) is 4.97. The van der Waals surface area contributed by atoms with E-state index < -0.39 is 9.84 Å². The molecule has 4 heteroatoms. The van der Waals surface area contributed by atoms with Crippen molar-refractivity contribution >= 4 is 9.84 Å². The van der Waals surface area contributed by atoms with Gasteiger partial charge in [0.2, 0.25) is 0 Å². The van der Waals surface area contributed by atoms with Gasteiger partial charge in [-0.1, -0.05) is 6.92 Å². The molecule has 1 N–H and O–H groups in total. The van der Waals surface area contributed by atoms with Crippen LogP contribution in [0.4, 0.5) is 0 Å². The van der Waals surface area contributed by atoms with E-state index in [1.54, 1.807) is 0 Å². The molecule has 0 bridgehead atoms. The van der Waals surface area contributed by atoms with Crippen LogP contribution in [0.1, 0.15) is 13.3 Å². The van der Waals surface area contributed by atoms with Crippen LogP contribution in [-0.2, 0) is 9.84 Å². The van der Waals surface area contributed by atoms with E-state index in [-0.39, 0.29) is 0 Å². The normalized spacial score (nSPS) is 9.78. The topological polar surface area (TPSA) is 54.4 Å². The Labute approximate surface area is 56.6 Å². The van der Waals surface area contributed by atoms with Crippen molar-refractivity contribution in [1.29, 1.82) is 0 Å². The highest BCUT2D eigenvalue weighted by Gasteiger charge is 1.79. The van der Waals surface area contributed by atoms with Gasteiger partial charge in [-0.25, -0.2) is 8.42 Å². The highest BCUT2D eigenvalue weighted by atomic mass is 32.2. The Morgan fingerprint density at radius 3 is 1.44 bits per heavy atom. The Morgan fingerprint density at radius 1 is 1.33 bits per heavy atom. The van der Waals surface area contributed by atoms with E-state index in [9.17, 15) is 8.42 Å². The lowest BCUT2D eigenvalue weighted by Gasteiger charge is -1.69. The highest BCUT2D eigenvalue weighted by Crippen LogP contribution is 1.62. The lowest BCUT2D eigenvalue weighted by atomic mass is 10.5. The molecule has 0 saturated carbocycles. The maximum atomic E-state index is 9.63. The molecule has 0 aliphatic rings. The molecule has 0 aromatic carbocycles. The average molecular weight is 154 g/mol. The summed E-state index contributed by atoms with van der Waals surface area (Å²) in [7, 11) is -2.67. The van der Waals surface area contributed by atoms with Crippen molar-refractivity contribution in [2.45, 2.75) is 13.3 Å². The molecule has 0 amide bonds. The van der Waals surface area contributed by atoms with Crippen LogP contribution < -0.4 is 0 Å². The Bertz CT molecular complexity index is 115. The van der Waals surface area contributed by atoms with E-state index in [0.717, 1.165) is 18.9 Å². The predicted octanol–water partition coefficient (Wildman–Crippen LogP) is 0.0495. The van der Waals surface area contributed by atoms with Crippen LogP contribution >= 0.6 is 0 Å². The molecule has 0 atom stereocenters. The first-order chi connectivity index (χ1) is 3.91. The van der Waals surface area contributed by atoms with Gasteiger partial charge in [-0.2, -0.15) is 0 Å². The Morgan fingerprint density at radius 2 is 1.44 bits per heavy atom. The van der Waals surface area contributed by atoms with Crippen LogP contribution in [-0.4, -0.2) is 32.6 Å². The molecular weight excluding hydrogens is 140 g/mol. The molecular formula is C5H14O3S. The van der Waals surface area contributed by atoms with Crippen LogP contribution in [0.5, 0.6) is 0 Å². The first-order valence-electron chi connectivity index (χ1n) is 2.67. The molecule has 0 aliphatic heterocycles. The molecule has 58 valence electrons. The number of hydrogen-bond acceptors (Lipinski definition) is 3. The fraction of sp³-hybridized carbons (Fsp3) is 1.00. The zero-order valence-electron chi connectivity index (χ0n) is 6.09. The number of rotatable bonds is 1. The third-order valence-electron chi connectivity index (χ3n) is 0.224. The van der Waals surface area contributed by atoms with E-state index in [0.29, 0.717) is 6.61 Å². The second-order valence-corrected chi connectivity index (χ2v) is 4.15. The fourth-order valence-corrected chi connectivity index (χ4v) is 0. The molecule has 0 fully saturated rings. The summed E-state index contributed by atoms with van der Waals surface area (Å²) in [5.74, 6) is 0. The Hall–Kier alpha value is -0.0900. The number of hydrogen-bond donors (Lipinski definition) is 1. The van der Waals surface area contributed by atoms with Crippen molar-refractivity contribution in [2.75, 3.05) is 19.1 Å². The van der Waals surface area contributed by atoms with Crippen molar-refractivity contribution in [3.63, 3.8) is 0 Å². The fourth-order valence-electron chi connectivity index (χ4n) is 0. The molecule has 0 aliphatic carbocycles. The van der Waals surface area contributed by atoms with Gasteiger partial charge >= 0.3 is 0 Å². The summed E-state index contributed by atoms with van der Waals surface area (Å²) in [4.78, 5) is 0. The SMILES string of the molecule is CCCO.CS(C)(=O)=O. The molecule has 9 heavy (non-hydrogen) atoms. The minimum atomic E-state index is -2.67. The van der Waals surface area contributed by atoms with Crippen LogP contribution in [0.2, 0.25) is 0 Å². The van der Waals surface area contributed by atoms with Gasteiger partial charge in [0.25, 0.3) is 0 Å². The van der Waals surface area contributed by atoms with Crippen molar-refractivity contribution in [3.8, 4) is 0 Å². The van der Waals surface area contributed by atoms with Gasteiger partial charge in [-0.15, -0.1) is 0 Å². The lowest BCUT2D eigenvalue weighted by Crippen LogP contribution is -1.86. The zero-order chi connectivity index (χ0) is 7.91. The van der Waals surface area contributed by atoms with Crippen LogP contribution in [0.15, 0.2) is 0 Å². The summed E-state index contributed by atoms with van der Waals surface area (Å²) in [6.07, 6.45) is 3.19. The lowest BCUT2D eigenvalue weighted by molar-refractivity contribution is 0.295. The van der Waals surface area contributed by atoms with Gasteiger partial charge in [-0.3, -0.25) is 0 Å². The van der Waals surface area contributed by atoms with Gasteiger partial charge < -0.3 is 5.11 Å². The summed E-state index contributed by atoms with van der Waals surface area (Å²) in [5.41, 5.74) is 0. The quantitative estimate of drug-likeness (QED) is 0.580. The summed E-state index contributed by atoms with van der Waals surface area (Å²) in [6.45, 7) is 2.25. The van der Waals surface area contributed by atoms with Gasteiger partial charge in [-0.05, 0) is 6.42 Å². The first kappa shape index (κ1) is 11.7. The molecule has 0 radical (unpaired) electrons. The standard InChI is InChI=1S/C3H8O.C2H6O2S/c1-2-3-4;1-5(2,3)4/h4H,2-3H2,1H3;1-2H3. The average Bonchev–Trinajstić information content (AvgIpc) is 1.61. The molecule has 0 unspecified atom stereocenters. The Balaban J connectivity index is 0. The second-order valence-electron chi connectivity index (χ2n) is 1.87. The molecule has 0 aromatic heterocycles. The molecule has 0 heterocycles. The third kappa shape index (κ3) is 334. The number of aliphatic hydroxyl groups is 1. The predicted molar refractivity (Wildman–Crippen MR) is 38.1 cm³/mol. The summed E-state index contributed by atoms with van der Waals surface area (Å²) in [5, 5.41) is 7.88. The van der Waals surface area contributed by atoms with E-state index in [2.05, 4.69) is 0 Å². The monoisotopic (exact) mass is 154 g/mol. The molecule has 0 saturated heterocycles. The zero-order valence-corrected chi connectivity index (χ0v) is 6.90. The van der Waals surface area contributed by atoms with Gasteiger partial charge in [0, 0.05) is 19.1 Å². The second kappa shape index (κ2) is 6.04. The van der Waals surface area contributed by atoms with Crippen LogP contribution in [0.3, 0.4) is 0 Å². The van der Waals surface area contributed by atoms with Gasteiger partial charge in [0.05, 0.1) is 0 Å². The third-order valence-corrected chi connectivity index (χ3v) is 0.224. The van der Waals surface area contributed by atoms with Crippen molar-refractivity contribution < 1.29 is 13.5 Å². The van der Waals surface area contributed by atoms with Crippen LogP contribution in [0.25, 0.3) is 0 Å². The van der Waals surface area contributed by atoms with E-state index in [4.69, 9.17) is 5.11 Å².